The predicted molar refractivity (Wildman–Crippen MR) is 82.7 cm³/mol. The lowest BCUT2D eigenvalue weighted by Gasteiger charge is -2.39. The highest BCUT2D eigenvalue weighted by Crippen LogP contribution is 2.32. The number of para-hydroxylation sites is 2. The highest BCUT2D eigenvalue weighted by atomic mass is 16.5. The van der Waals surface area contributed by atoms with Crippen molar-refractivity contribution in [1.29, 1.82) is 0 Å². The average molecular weight is 292 g/mol. The third-order valence-corrected chi connectivity index (χ3v) is 3.99. The second-order valence-corrected chi connectivity index (χ2v) is 5.43. The van der Waals surface area contributed by atoms with Crippen LogP contribution in [-0.2, 0) is 9.53 Å². The minimum Gasteiger partial charge on any atom is -0.495 e. The molecular formula is C16H24N2O3. The maximum absolute atomic E-state index is 12.5. The minimum atomic E-state index is -0.669. The Morgan fingerprint density at radius 1 is 1.33 bits per heavy atom. The molecule has 1 aromatic rings. The molecule has 0 spiro atoms. The molecule has 0 saturated carbocycles. The van der Waals surface area contributed by atoms with Crippen molar-refractivity contribution < 1.29 is 14.3 Å². The summed E-state index contributed by atoms with van der Waals surface area (Å²) in [5, 5.41) is 3.39. The monoisotopic (exact) mass is 292 g/mol. The highest BCUT2D eigenvalue weighted by molar-refractivity contribution is 5.85. The Hall–Kier alpha value is -1.75. The number of hydrogen-bond donors (Lipinski definition) is 1. The summed E-state index contributed by atoms with van der Waals surface area (Å²) < 4.78 is 10.7. The van der Waals surface area contributed by atoms with E-state index in [0.717, 1.165) is 37.4 Å². The number of hydrogen-bond acceptors (Lipinski definition) is 5. The van der Waals surface area contributed by atoms with Gasteiger partial charge in [0.15, 0.2) is 0 Å². The third kappa shape index (κ3) is 3.47. The smallest absolute Gasteiger partial charge is 0.331 e. The highest BCUT2D eigenvalue weighted by Gasteiger charge is 2.42. The van der Waals surface area contributed by atoms with E-state index in [4.69, 9.17) is 9.47 Å². The van der Waals surface area contributed by atoms with Gasteiger partial charge in [-0.05, 0) is 38.9 Å². The Bertz CT molecular complexity index is 482. The molecule has 2 rings (SSSR count). The fourth-order valence-corrected chi connectivity index (χ4v) is 2.66. The third-order valence-electron chi connectivity index (χ3n) is 3.99. The van der Waals surface area contributed by atoms with Gasteiger partial charge in [0.05, 0.1) is 19.4 Å². The Morgan fingerprint density at radius 3 is 2.62 bits per heavy atom. The number of carbonyl (C=O) groups is 1. The molecule has 0 aliphatic carbocycles. The molecular weight excluding hydrogens is 268 g/mol. The summed E-state index contributed by atoms with van der Waals surface area (Å²) in [5.41, 5.74) is 0.162. The van der Waals surface area contributed by atoms with E-state index in [0.29, 0.717) is 6.61 Å². The van der Waals surface area contributed by atoms with Gasteiger partial charge in [-0.3, -0.25) is 0 Å². The van der Waals surface area contributed by atoms with Gasteiger partial charge in [0.1, 0.15) is 11.3 Å². The van der Waals surface area contributed by atoms with Crippen LogP contribution in [-0.4, -0.2) is 50.3 Å². The second kappa shape index (κ2) is 6.80. The van der Waals surface area contributed by atoms with E-state index < -0.39 is 5.54 Å². The fraction of sp³-hybridized carbons (Fsp3) is 0.562. The second-order valence-electron chi connectivity index (χ2n) is 5.43. The largest absolute Gasteiger partial charge is 0.495 e. The maximum atomic E-state index is 12.5. The molecule has 0 amide bonds. The lowest BCUT2D eigenvalue weighted by atomic mass is 9.87. The molecule has 1 aliphatic rings. The van der Waals surface area contributed by atoms with Gasteiger partial charge < -0.3 is 19.7 Å². The summed E-state index contributed by atoms with van der Waals surface area (Å²) in [6.07, 6.45) is 1.45. The van der Waals surface area contributed by atoms with Crippen molar-refractivity contribution in [3.05, 3.63) is 24.3 Å². The number of likely N-dealkylation sites (tertiary alicyclic amines) is 1. The first-order chi connectivity index (χ1) is 10.1. The van der Waals surface area contributed by atoms with Gasteiger partial charge in [0.2, 0.25) is 0 Å². The zero-order valence-corrected chi connectivity index (χ0v) is 13.0. The SMILES string of the molecule is CCOC(=O)C1(Nc2ccccc2OC)CCN(C)CC1. The van der Waals surface area contributed by atoms with Crippen LogP contribution in [0.1, 0.15) is 19.8 Å². The topological polar surface area (TPSA) is 50.8 Å². The van der Waals surface area contributed by atoms with Gasteiger partial charge in [0.25, 0.3) is 0 Å². The summed E-state index contributed by atoms with van der Waals surface area (Å²) in [5.74, 6) is 0.559. The fourth-order valence-electron chi connectivity index (χ4n) is 2.66. The van der Waals surface area contributed by atoms with E-state index in [-0.39, 0.29) is 5.97 Å². The first-order valence-corrected chi connectivity index (χ1v) is 7.38. The normalized spacial score (nSPS) is 18.0. The standard InChI is InChI=1S/C16H24N2O3/c1-4-21-15(19)16(9-11-18(2)12-10-16)17-13-7-5-6-8-14(13)20-3/h5-8,17H,4,9-12H2,1-3H3. The number of nitrogens with zero attached hydrogens (tertiary/aromatic N) is 1. The number of carbonyl (C=O) groups excluding carboxylic acids is 1. The number of anilines is 1. The zero-order valence-electron chi connectivity index (χ0n) is 13.0. The van der Waals surface area contributed by atoms with Crippen molar-refractivity contribution in [3.8, 4) is 5.75 Å². The van der Waals surface area contributed by atoms with Crippen molar-refractivity contribution in [3.63, 3.8) is 0 Å². The number of rotatable bonds is 5. The molecule has 1 saturated heterocycles. The summed E-state index contributed by atoms with van der Waals surface area (Å²) >= 11 is 0. The molecule has 0 unspecified atom stereocenters. The Morgan fingerprint density at radius 2 is 2.00 bits per heavy atom. The molecule has 116 valence electrons. The van der Waals surface area contributed by atoms with Crippen LogP contribution in [0.25, 0.3) is 0 Å². The Balaban J connectivity index is 2.25. The van der Waals surface area contributed by atoms with Gasteiger partial charge in [-0.1, -0.05) is 12.1 Å². The van der Waals surface area contributed by atoms with Crippen molar-refractivity contribution >= 4 is 11.7 Å². The van der Waals surface area contributed by atoms with E-state index >= 15 is 0 Å². The first-order valence-electron chi connectivity index (χ1n) is 7.38. The molecule has 0 aromatic heterocycles. The van der Waals surface area contributed by atoms with Gasteiger partial charge >= 0.3 is 5.97 Å². The van der Waals surface area contributed by atoms with Gasteiger partial charge in [-0.25, -0.2) is 4.79 Å². The Kier molecular flexibility index (Phi) is 5.07. The number of benzene rings is 1. The average Bonchev–Trinajstić information content (AvgIpc) is 2.50. The van der Waals surface area contributed by atoms with Crippen molar-refractivity contribution in [2.45, 2.75) is 25.3 Å². The van der Waals surface area contributed by atoms with Crippen LogP contribution in [0.2, 0.25) is 0 Å². The molecule has 1 heterocycles. The van der Waals surface area contributed by atoms with Crippen LogP contribution in [0.4, 0.5) is 5.69 Å². The molecule has 0 bridgehead atoms. The summed E-state index contributed by atoms with van der Waals surface area (Å²) in [7, 11) is 3.70. The zero-order chi connectivity index (χ0) is 15.3. The van der Waals surface area contributed by atoms with E-state index in [1.807, 2.05) is 31.2 Å². The van der Waals surface area contributed by atoms with E-state index in [9.17, 15) is 4.79 Å². The van der Waals surface area contributed by atoms with Crippen LogP contribution in [0.15, 0.2) is 24.3 Å². The molecule has 1 aliphatic heterocycles. The van der Waals surface area contributed by atoms with Crippen molar-refractivity contribution in [2.24, 2.45) is 0 Å². The van der Waals surface area contributed by atoms with Gasteiger partial charge in [-0.15, -0.1) is 0 Å². The molecule has 1 fully saturated rings. The van der Waals surface area contributed by atoms with E-state index in [2.05, 4.69) is 17.3 Å². The van der Waals surface area contributed by atoms with Crippen LogP contribution < -0.4 is 10.1 Å². The number of nitrogens with one attached hydrogen (secondary N) is 1. The number of methoxy groups -OCH3 is 1. The molecule has 0 atom stereocenters. The minimum absolute atomic E-state index is 0.177. The molecule has 21 heavy (non-hydrogen) atoms. The quantitative estimate of drug-likeness (QED) is 0.843. The molecule has 5 heteroatoms. The first kappa shape index (κ1) is 15.6. The molecule has 0 radical (unpaired) electrons. The molecule has 1 N–H and O–H groups in total. The Labute approximate surface area is 126 Å². The van der Waals surface area contributed by atoms with Gasteiger partial charge in [0, 0.05) is 13.1 Å². The van der Waals surface area contributed by atoms with Crippen molar-refractivity contribution in [2.75, 3.05) is 39.2 Å². The van der Waals surface area contributed by atoms with Crippen LogP contribution >= 0.6 is 0 Å². The van der Waals surface area contributed by atoms with Crippen LogP contribution in [0.5, 0.6) is 5.75 Å². The number of piperidine rings is 1. The summed E-state index contributed by atoms with van der Waals surface area (Å²) in [4.78, 5) is 14.7. The number of esters is 1. The lowest BCUT2D eigenvalue weighted by molar-refractivity contribution is -0.150. The van der Waals surface area contributed by atoms with E-state index in [1.165, 1.54) is 0 Å². The summed E-state index contributed by atoms with van der Waals surface area (Å²) in [6, 6.07) is 7.66. The number of ether oxygens (including phenoxy) is 2. The predicted octanol–water partition coefficient (Wildman–Crippen LogP) is 2.13. The van der Waals surface area contributed by atoms with Gasteiger partial charge in [-0.2, -0.15) is 0 Å². The summed E-state index contributed by atoms with van der Waals surface area (Å²) in [6.45, 7) is 3.95. The lowest BCUT2D eigenvalue weighted by Crippen LogP contribution is -2.54. The maximum Gasteiger partial charge on any atom is 0.331 e. The molecule has 5 nitrogen and oxygen atoms in total. The van der Waals surface area contributed by atoms with Crippen LogP contribution in [0, 0.1) is 0 Å². The van der Waals surface area contributed by atoms with E-state index in [1.54, 1.807) is 7.11 Å². The molecule has 1 aromatic carbocycles. The van der Waals surface area contributed by atoms with Crippen molar-refractivity contribution in [1.82, 2.24) is 4.90 Å². The van der Waals surface area contributed by atoms with Crippen LogP contribution in [0.3, 0.4) is 0 Å².